The number of rotatable bonds is 7. The quantitative estimate of drug-likeness (QED) is 0.189. The van der Waals surface area contributed by atoms with Gasteiger partial charge < -0.3 is 19.7 Å². The van der Waals surface area contributed by atoms with Crippen LogP contribution in [0.1, 0.15) is 48.1 Å². The van der Waals surface area contributed by atoms with Crippen LogP contribution in [0.3, 0.4) is 0 Å². The number of likely N-dealkylation sites (tertiary alicyclic amines) is 1. The van der Waals surface area contributed by atoms with E-state index in [1.54, 1.807) is 36.3 Å². The van der Waals surface area contributed by atoms with Gasteiger partial charge in [0.2, 0.25) is 0 Å². The summed E-state index contributed by atoms with van der Waals surface area (Å²) >= 11 is 0. The van der Waals surface area contributed by atoms with Gasteiger partial charge in [-0.1, -0.05) is 56.3 Å². The van der Waals surface area contributed by atoms with Gasteiger partial charge in [-0.15, -0.1) is 0 Å². The SMILES string of the molecule is COc1ccc(/C(O)=C2\C(=O)C(=O)N(CCc3c[nH]c4ccccc34)C2c2ccc(C(C)C)cc2)cc1. The number of methoxy groups -OCH3 is 1. The Hall–Kier alpha value is -4.32. The second-order valence-corrected chi connectivity index (χ2v) is 9.65. The molecule has 1 aromatic heterocycles. The molecule has 1 fully saturated rings. The molecule has 1 amide bonds. The van der Waals surface area contributed by atoms with Crippen molar-refractivity contribution < 1.29 is 19.4 Å². The van der Waals surface area contributed by atoms with E-state index in [-0.39, 0.29) is 11.3 Å². The second-order valence-electron chi connectivity index (χ2n) is 9.65. The minimum absolute atomic E-state index is 0.103. The Bertz CT molecular complexity index is 1480. The zero-order chi connectivity index (χ0) is 26.1. The minimum Gasteiger partial charge on any atom is -0.507 e. The lowest BCUT2D eigenvalue weighted by Crippen LogP contribution is -2.31. The molecule has 1 aliphatic heterocycles. The molecule has 0 spiro atoms. The Morgan fingerprint density at radius 1 is 1.00 bits per heavy atom. The number of benzene rings is 3. The molecular weight excluding hydrogens is 464 g/mol. The molecule has 1 aliphatic rings. The Kier molecular flexibility index (Phi) is 6.57. The van der Waals surface area contributed by atoms with Crippen LogP contribution in [0.25, 0.3) is 16.7 Å². The molecule has 0 aliphatic carbocycles. The van der Waals surface area contributed by atoms with E-state index in [0.717, 1.165) is 27.6 Å². The normalized spacial score (nSPS) is 17.2. The number of aromatic nitrogens is 1. The van der Waals surface area contributed by atoms with Crippen LogP contribution in [-0.4, -0.2) is 40.3 Å². The lowest BCUT2D eigenvalue weighted by atomic mass is 9.93. The van der Waals surface area contributed by atoms with E-state index in [2.05, 4.69) is 18.8 Å². The lowest BCUT2D eigenvalue weighted by Gasteiger charge is -2.25. The molecule has 188 valence electrons. The number of hydrogen-bond acceptors (Lipinski definition) is 4. The summed E-state index contributed by atoms with van der Waals surface area (Å²) in [5.41, 5.74) is 4.61. The summed E-state index contributed by atoms with van der Waals surface area (Å²) in [7, 11) is 1.56. The minimum atomic E-state index is -0.687. The predicted octanol–water partition coefficient (Wildman–Crippen LogP) is 5.96. The summed E-state index contributed by atoms with van der Waals surface area (Å²) < 4.78 is 5.22. The van der Waals surface area contributed by atoms with E-state index in [4.69, 9.17) is 4.74 Å². The first kappa shape index (κ1) is 24.4. The number of Topliss-reactive ketones (excluding diaryl/α,β-unsaturated/α-hetero) is 1. The van der Waals surface area contributed by atoms with Crippen molar-refractivity contribution in [3.8, 4) is 5.75 Å². The first-order valence-electron chi connectivity index (χ1n) is 12.5. The average Bonchev–Trinajstić information content (AvgIpc) is 3.45. The van der Waals surface area contributed by atoms with Gasteiger partial charge in [-0.3, -0.25) is 9.59 Å². The maximum absolute atomic E-state index is 13.3. The Morgan fingerprint density at radius 3 is 2.38 bits per heavy atom. The molecule has 6 heteroatoms. The molecule has 0 radical (unpaired) electrons. The van der Waals surface area contributed by atoms with E-state index in [1.165, 1.54) is 0 Å². The lowest BCUT2D eigenvalue weighted by molar-refractivity contribution is -0.139. The molecule has 1 atom stereocenters. The number of aliphatic hydroxyl groups is 1. The molecule has 0 saturated carbocycles. The van der Waals surface area contributed by atoms with E-state index >= 15 is 0 Å². The van der Waals surface area contributed by atoms with Crippen LogP contribution in [0.15, 0.2) is 84.6 Å². The number of amides is 1. The highest BCUT2D eigenvalue weighted by Crippen LogP contribution is 2.40. The van der Waals surface area contributed by atoms with Gasteiger partial charge in [0, 0.05) is 29.2 Å². The highest BCUT2D eigenvalue weighted by molar-refractivity contribution is 6.46. The molecular formula is C31H30N2O4. The van der Waals surface area contributed by atoms with Crippen molar-refractivity contribution in [3.63, 3.8) is 0 Å². The zero-order valence-electron chi connectivity index (χ0n) is 21.2. The van der Waals surface area contributed by atoms with Crippen LogP contribution in [0.4, 0.5) is 0 Å². The van der Waals surface area contributed by atoms with Gasteiger partial charge in [-0.2, -0.15) is 0 Å². The largest absolute Gasteiger partial charge is 0.507 e. The number of hydrogen-bond donors (Lipinski definition) is 2. The molecule has 4 aromatic rings. The topological polar surface area (TPSA) is 82.6 Å². The van der Waals surface area contributed by atoms with Crippen LogP contribution >= 0.6 is 0 Å². The number of H-pyrrole nitrogens is 1. The van der Waals surface area contributed by atoms with E-state index < -0.39 is 17.7 Å². The highest BCUT2D eigenvalue weighted by atomic mass is 16.5. The summed E-state index contributed by atoms with van der Waals surface area (Å²) in [5.74, 6) is -0.482. The Labute approximate surface area is 216 Å². The van der Waals surface area contributed by atoms with Crippen molar-refractivity contribution in [2.24, 2.45) is 0 Å². The van der Waals surface area contributed by atoms with Crippen LogP contribution in [0, 0.1) is 0 Å². The fraction of sp³-hybridized carbons (Fsp3) is 0.226. The standard InChI is InChI=1S/C31H30N2O4/c1-19(2)20-8-10-21(11-9-20)28-27(29(34)22-12-14-24(37-3)15-13-22)30(35)31(36)33(28)17-16-23-18-32-26-7-5-4-6-25(23)26/h4-15,18-19,28,32,34H,16-17H2,1-3H3/b29-27+. The molecule has 2 heterocycles. The van der Waals surface area contributed by atoms with Gasteiger partial charge in [0.05, 0.1) is 18.7 Å². The van der Waals surface area contributed by atoms with Gasteiger partial charge in [0.1, 0.15) is 11.5 Å². The molecule has 37 heavy (non-hydrogen) atoms. The Morgan fingerprint density at radius 2 is 1.70 bits per heavy atom. The molecule has 2 N–H and O–H groups in total. The van der Waals surface area contributed by atoms with Crippen molar-refractivity contribution >= 4 is 28.4 Å². The van der Waals surface area contributed by atoms with Crippen molar-refractivity contribution in [3.05, 3.63) is 107 Å². The summed E-state index contributed by atoms with van der Waals surface area (Å²) in [6.07, 6.45) is 2.52. The fourth-order valence-electron chi connectivity index (χ4n) is 5.00. The van der Waals surface area contributed by atoms with E-state index in [0.29, 0.717) is 30.2 Å². The predicted molar refractivity (Wildman–Crippen MR) is 145 cm³/mol. The third kappa shape index (κ3) is 4.51. The number of aliphatic hydroxyl groups excluding tert-OH is 1. The van der Waals surface area contributed by atoms with Gasteiger partial charge in [0.25, 0.3) is 11.7 Å². The first-order valence-corrected chi connectivity index (χ1v) is 12.5. The molecule has 5 rings (SSSR count). The number of para-hydroxylation sites is 1. The van der Waals surface area contributed by atoms with Crippen LogP contribution in [0.2, 0.25) is 0 Å². The number of ketones is 1. The van der Waals surface area contributed by atoms with Gasteiger partial charge in [-0.05, 0) is 59.4 Å². The molecule has 1 unspecified atom stereocenters. The van der Waals surface area contributed by atoms with Gasteiger partial charge in [-0.25, -0.2) is 0 Å². The maximum Gasteiger partial charge on any atom is 0.295 e. The number of fused-ring (bicyclic) bond motifs is 1. The number of carbonyl (C=O) groups is 2. The van der Waals surface area contributed by atoms with Crippen LogP contribution in [-0.2, 0) is 16.0 Å². The number of nitrogens with zero attached hydrogens (tertiary/aromatic N) is 1. The number of carbonyl (C=O) groups excluding carboxylic acids is 2. The molecule has 0 bridgehead atoms. The molecule has 1 saturated heterocycles. The fourth-order valence-corrected chi connectivity index (χ4v) is 5.00. The zero-order valence-corrected chi connectivity index (χ0v) is 21.2. The summed E-state index contributed by atoms with van der Waals surface area (Å²) in [6, 6.07) is 22.1. The van der Waals surface area contributed by atoms with Crippen molar-refractivity contribution in [1.29, 1.82) is 0 Å². The van der Waals surface area contributed by atoms with Crippen LogP contribution < -0.4 is 4.74 Å². The summed E-state index contributed by atoms with van der Waals surface area (Å²) in [4.78, 5) is 31.5. The maximum atomic E-state index is 13.3. The summed E-state index contributed by atoms with van der Waals surface area (Å²) in [6.45, 7) is 4.57. The van der Waals surface area contributed by atoms with Crippen molar-refractivity contribution in [2.75, 3.05) is 13.7 Å². The summed E-state index contributed by atoms with van der Waals surface area (Å²) in [5, 5.41) is 12.4. The number of nitrogens with one attached hydrogen (secondary N) is 1. The Balaban J connectivity index is 1.56. The highest BCUT2D eigenvalue weighted by Gasteiger charge is 2.45. The van der Waals surface area contributed by atoms with Gasteiger partial charge in [0.15, 0.2) is 0 Å². The van der Waals surface area contributed by atoms with Gasteiger partial charge >= 0.3 is 0 Å². The van der Waals surface area contributed by atoms with Crippen molar-refractivity contribution in [1.82, 2.24) is 9.88 Å². The molecule has 6 nitrogen and oxygen atoms in total. The number of aromatic amines is 1. The average molecular weight is 495 g/mol. The molecule has 3 aromatic carbocycles. The van der Waals surface area contributed by atoms with E-state index in [9.17, 15) is 14.7 Å². The third-order valence-electron chi connectivity index (χ3n) is 7.12. The smallest absolute Gasteiger partial charge is 0.295 e. The van der Waals surface area contributed by atoms with E-state index in [1.807, 2.05) is 54.7 Å². The van der Waals surface area contributed by atoms with Crippen molar-refractivity contribution in [2.45, 2.75) is 32.2 Å². The van der Waals surface area contributed by atoms with Crippen LogP contribution in [0.5, 0.6) is 5.75 Å². The monoisotopic (exact) mass is 494 g/mol. The third-order valence-corrected chi connectivity index (χ3v) is 7.12. The second kappa shape index (κ2) is 9.97. The number of ether oxygens (including phenoxy) is 1. The first-order chi connectivity index (χ1) is 17.9.